The third-order valence-electron chi connectivity index (χ3n) is 11.6. The van der Waals surface area contributed by atoms with E-state index >= 15 is 0 Å². The molecule has 0 saturated carbocycles. The van der Waals surface area contributed by atoms with Gasteiger partial charge in [-0.3, -0.25) is 0 Å². The van der Waals surface area contributed by atoms with Crippen LogP contribution in [0.25, 0.3) is 76.2 Å². The summed E-state index contributed by atoms with van der Waals surface area (Å²) in [6.45, 7) is 0. The van der Waals surface area contributed by atoms with Gasteiger partial charge in [-0.15, -0.1) is 0 Å². The molecule has 0 amide bonds. The maximum Gasteiger partial charge on any atom is 0.159 e. The number of anilines is 6. The maximum atomic E-state index is 6.79. The lowest BCUT2D eigenvalue weighted by molar-refractivity contribution is 0.668. The maximum absolute atomic E-state index is 6.79. The second-order valence-electron chi connectivity index (χ2n) is 14.8. The van der Waals surface area contributed by atoms with Crippen LogP contribution in [0.3, 0.4) is 0 Å². The Morgan fingerprint density at radius 3 is 1.09 bits per heavy atom. The van der Waals surface area contributed by atoms with Crippen molar-refractivity contribution in [3.8, 4) is 0 Å². The molecule has 10 aromatic carbocycles. The Hall–Kier alpha value is -7.82. The van der Waals surface area contributed by atoms with E-state index in [9.17, 15) is 0 Å². The number of furan rings is 2. The van der Waals surface area contributed by atoms with Gasteiger partial charge in [-0.2, -0.15) is 0 Å². The van der Waals surface area contributed by atoms with E-state index in [-0.39, 0.29) is 0 Å². The largest absolute Gasteiger partial charge is 0.454 e. The zero-order valence-electron chi connectivity index (χ0n) is 31.3. The highest BCUT2D eigenvalue weighted by Crippen LogP contribution is 2.54. The van der Waals surface area contributed by atoms with E-state index in [1.165, 1.54) is 0 Å². The van der Waals surface area contributed by atoms with E-state index in [2.05, 4.69) is 204 Å². The molecule has 0 N–H and O–H groups in total. The van der Waals surface area contributed by atoms with Crippen molar-refractivity contribution in [1.82, 2.24) is 0 Å². The summed E-state index contributed by atoms with van der Waals surface area (Å²) in [5, 5.41) is 11.1. The van der Waals surface area contributed by atoms with Crippen molar-refractivity contribution in [2.75, 3.05) is 9.80 Å². The minimum atomic E-state index is 0.845. The van der Waals surface area contributed by atoms with Gasteiger partial charge in [-0.25, -0.2) is 0 Å². The van der Waals surface area contributed by atoms with Crippen molar-refractivity contribution < 1.29 is 8.83 Å². The Labute approximate surface area is 334 Å². The van der Waals surface area contributed by atoms with Gasteiger partial charge in [-0.05, 0) is 71.4 Å². The van der Waals surface area contributed by atoms with Gasteiger partial charge in [0.05, 0.1) is 22.7 Å². The van der Waals surface area contributed by atoms with Gasteiger partial charge in [0.1, 0.15) is 11.2 Å². The van der Waals surface area contributed by atoms with Gasteiger partial charge in [0.15, 0.2) is 11.2 Å². The lowest BCUT2D eigenvalue weighted by Gasteiger charge is -2.33. The third kappa shape index (κ3) is 4.88. The summed E-state index contributed by atoms with van der Waals surface area (Å²) in [5.41, 5.74) is 9.60. The highest BCUT2D eigenvalue weighted by Gasteiger charge is 2.29. The Balaban J connectivity index is 1.26. The SMILES string of the molecule is c1ccc(N(c2c3ccccc3c(N(c3ccccc3)c3cccc4c3oc3ccccc34)c3cc4ccccc4cc23)c2cccc3c2oc2ccccc23)cc1. The van der Waals surface area contributed by atoms with Crippen molar-refractivity contribution >= 4 is 110 Å². The number of nitrogens with zero attached hydrogens (tertiary/aromatic N) is 2. The van der Waals surface area contributed by atoms with Crippen LogP contribution in [0.5, 0.6) is 0 Å². The van der Waals surface area contributed by atoms with Crippen molar-refractivity contribution in [1.29, 1.82) is 0 Å². The van der Waals surface area contributed by atoms with Crippen LogP contribution >= 0.6 is 0 Å². The molecule has 0 bridgehead atoms. The Morgan fingerprint density at radius 1 is 0.276 bits per heavy atom. The number of fused-ring (bicyclic) bond motifs is 9. The van der Waals surface area contributed by atoms with Crippen molar-refractivity contribution in [2.45, 2.75) is 0 Å². The third-order valence-corrected chi connectivity index (χ3v) is 11.6. The minimum Gasteiger partial charge on any atom is -0.454 e. The summed E-state index contributed by atoms with van der Waals surface area (Å²) in [6, 6.07) is 73.2. The average Bonchev–Trinajstić information content (AvgIpc) is 3.87. The molecule has 2 aromatic heterocycles. The summed E-state index contributed by atoms with van der Waals surface area (Å²) < 4.78 is 13.6. The highest BCUT2D eigenvalue weighted by molar-refractivity contribution is 6.27. The van der Waals surface area contributed by atoms with E-state index in [0.29, 0.717) is 0 Å². The molecule has 272 valence electrons. The molecule has 58 heavy (non-hydrogen) atoms. The van der Waals surface area contributed by atoms with Gasteiger partial charge in [-0.1, -0.05) is 146 Å². The zero-order chi connectivity index (χ0) is 38.2. The van der Waals surface area contributed by atoms with Gasteiger partial charge < -0.3 is 18.6 Å². The first-order valence-electron chi connectivity index (χ1n) is 19.7. The van der Waals surface area contributed by atoms with Gasteiger partial charge >= 0.3 is 0 Å². The molecule has 12 rings (SSSR count). The Bertz CT molecular complexity index is 3300. The fraction of sp³-hybridized carbons (Fsp3) is 0. The zero-order valence-corrected chi connectivity index (χ0v) is 31.3. The number of hydrogen-bond acceptors (Lipinski definition) is 4. The molecule has 0 saturated heterocycles. The number of para-hydroxylation sites is 6. The number of benzene rings is 10. The average molecular weight is 743 g/mol. The topological polar surface area (TPSA) is 32.8 Å². The molecule has 2 heterocycles. The minimum absolute atomic E-state index is 0.845. The fourth-order valence-electron chi connectivity index (χ4n) is 9.05. The van der Waals surface area contributed by atoms with Crippen LogP contribution in [0, 0.1) is 0 Å². The second-order valence-corrected chi connectivity index (χ2v) is 14.8. The smallest absolute Gasteiger partial charge is 0.159 e. The van der Waals surface area contributed by atoms with E-state index in [4.69, 9.17) is 8.83 Å². The number of hydrogen-bond donors (Lipinski definition) is 0. The summed E-state index contributed by atoms with van der Waals surface area (Å²) in [4.78, 5) is 4.81. The first-order chi connectivity index (χ1) is 28.8. The monoisotopic (exact) mass is 742 g/mol. The molecule has 4 heteroatoms. The standard InChI is InChI=1S/C54H34N2O2/c1-3-19-37(20-4-1)55(47-29-15-27-43-39-23-11-13-31-49(39)57-53(43)47)51-41-25-9-10-26-42(41)52(46-34-36-18-8-7-17-35(36)33-45(46)51)56(38-21-5-2-6-22-38)48-30-16-28-44-40-24-12-14-32-50(40)58-54(44)48/h1-34H. The van der Waals surface area contributed by atoms with E-state index in [1.54, 1.807) is 0 Å². The first kappa shape index (κ1) is 32.4. The summed E-state index contributed by atoms with van der Waals surface area (Å²) in [5.74, 6) is 0. The fourth-order valence-corrected chi connectivity index (χ4v) is 9.05. The lowest BCUT2D eigenvalue weighted by Crippen LogP contribution is -2.15. The molecule has 0 aliphatic heterocycles. The van der Waals surface area contributed by atoms with E-state index in [0.717, 1.165) is 110 Å². The van der Waals surface area contributed by atoms with Crippen LogP contribution in [0.2, 0.25) is 0 Å². The quantitative estimate of drug-likeness (QED) is 0.125. The predicted octanol–water partition coefficient (Wildman–Crippen LogP) is 15.9. The van der Waals surface area contributed by atoms with Crippen molar-refractivity contribution in [2.24, 2.45) is 0 Å². The molecule has 0 aliphatic carbocycles. The van der Waals surface area contributed by atoms with Crippen LogP contribution in [0.15, 0.2) is 215 Å². The molecule has 0 radical (unpaired) electrons. The molecule has 0 spiro atoms. The molecule has 0 fully saturated rings. The van der Waals surface area contributed by atoms with E-state index < -0.39 is 0 Å². The second kappa shape index (κ2) is 12.9. The van der Waals surface area contributed by atoms with Crippen LogP contribution in [0.1, 0.15) is 0 Å². The Morgan fingerprint density at radius 2 is 0.638 bits per heavy atom. The predicted molar refractivity (Wildman–Crippen MR) is 243 cm³/mol. The van der Waals surface area contributed by atoms with Crippen LogP contribution in [-0.2, 0) is 0 Å². The molecule has 12 aromatic rings. The first-order valence-corrected chi connectivity index (χ1v) is 19.7. The van der Waals surface area contributed by atoms with Crippen molar-refractivity contribution in [3.63, 3.8) is 0 Å². The molecule has 0 unspecified atom stereocenters. The normalized spacial score (nSPS) is 11.8. The van der Waals surface area contributed by atoms with Gasteiger partial charge in [0.2, 0.25) is 0 Å². The van der Waals surface area contributed by atoms with Gasteiger partial charge in [0, 0.05) is 54.5 Å². The summed E-state index contributed by atoms with van der Waals surface area (Å²) in [7, 11) is 0. The number of rotatable bonds is 6. The molecular formula is C54H34N2O2. The highest BCUT2D eigenvalue weighted by atomic mass is 16.3. The van der Waals surface area contributed by atoms with E-state index in [1.807, 2.05) is 12.1 Å². The summed E-state index contributed by atoms with van der Waals surface area (Å²) in [6.07, 6.45) is 0. The molecular weight excluding hydrogens is 709 g/mol. The molecule has 4 nitrogen and oxygen atoms in total. The van der Waals surface area contributed by atoms with Crippen LogP contribution < -0.4 is 9.80 Å². The van der Waals surface area contributed by atoms with Crippen molar-refractivity contribution in [3.05, 3.63) is 206 Å². The van der Waals surface area contributed by atoms with Crippen LogP contribution in [0.4, 0.5) is 34.1 Å². The van der Waals surface area contributed by atoms with Crippen LogP contribution in [-0.4, -0.2) is 0 Å². The Kier molecular flexibility index (Phi) is 7.20. The molecule has 0 atom stereocenters. The lowest BCUT2D eigenvalue weighted by atomic mass is 9.93. The summed E-state index contributed by atoms with van der Waals surface area (Å²) >= 11 is 0. The van der Waals surface area contributed by atoms with Gasteiger partial charge in [0.25, 0.3) is 0 Å². The molecule has 0 aliphatic rings.